The van der Waals surface area contributed by atoms with Crippen LogP contribution >= 0.6 is 0 Å². The van der Waals surface area contributed by atoms with E-state index in [9.17, 15) is 0 Å². The molecule has 0 amide bonds. The Morgan fingerprint density at radius 1 is 1.27 bits per heavy atom. The van der Waals surface area contributed by atoms with Gasteiger partial charge < -0.3 is 15.6 Å². The average Bonchev–Trinajstić information content (AvgIpc) is 2.04. The maximum Gasteiger partial charge on any atom is 0.119 e. The number of aromatic hydroxyl groups is 1. The largest absolute Gasteiger partial charge is 0.508 e. The molecule has 3 heteroatoms. The van der Waals surface area contributed by atoms with E-state index in [1.165, 1.54) is 0 Å². The molecule has 0 fully saturated rings. The molecule has 60 valence electrons. The van der Waals surface area contributed by atoms with Crippen LogP contribution in [0.25, 0.3) is 0 Å². The molecule has 3 nitrogen and oxygen atoms in total. The third-order valence-corrected chi connectivity index (χ3v) is 1.22. The van der Waals surface area contributed by atoms with Crippen LogP contribution in [0, 0.1) is 0 Å². The van der Waals surface area contributed by atoms with Crippen LogP contribution in [0.1, 0.15) is 0 Å². The predicted molar refractivity (Wildman–Crippen MR) is 42.7 cm³/mol. The number of hydrogen-bond acceptors (Lipinski definition) is 3. The Bertz CT molecular complexity index is 208. The molecule has 3 N–H and O–H groups in total. The summed E-state index contributed by atoms with van der Waals surface area (Å²) in [5, 5.41) is 8.90. The van der Waals surface area contributed by atoms with Crippen molar-refractivity contribution in [1.29, 1.82) is 0 Å². The molecular formula is C8H11NO2. The second kappa shape index (κ2) is 3.83. The molecule has 1 aromatic carbocycles. The van der Waals surface area contributed by atoms with Crippen molar-refractivity contribution in [2.75, 3.05) is 13.2 Å². The third-order valence-electron chi connectivity index (χ3n) is 1.22. The van der Waals surface area contributed by atoms with Crippen LogP contribution < -0.4 is 10.5 Å². The lowest BCUT2D eigenvalue weighted by Crippen LogP contribution is -2.10. The molecule has 0 bridgehead atoms. The van der Waals surface area contributed by atoms with E-state index in [2.05, 4.69) is 0 Å². The summed E-state index contributed by atoms with van der Waals surface area (Å²) >= 11 is 0. The predicted octanol–water partition coefficient (Wildman–Crippen LogP) is 0.730. The minimum Gasteiger partial charge on any atom is -0.508 e. The van der Waals surface area contributed by atoms with E-state index in [4.69, 9.17) is 15.6 Å². The summed E-state index contributed by atoms with van der Waals surface area (Å²) < 4.78 is 5.17. The monoisotopic (exact) mass is 153 g/mol. The van der Waals surface area contributed by atoms with E-state index >= 15 is 0 Å². The van der Waals surface area contributed by atoms with Crippen LogP contribution in [0.3, 0.4) is 0 Å². The van der Waals surface area contributed by atoms with Crippen LogP contribution in [-0.2, 0) is 0 Å². The van der Waals surface area contributed by atoms with Gasteiger partial charge in [0.25, 0.3) is 0 Å². The Labute approximate surface area is 65.4 Å². The summed E-state index contributed by atoms with van der Waals surface area (Å²) in [7, 11) is 0. The van der Waals surface area contributed by atoms with E-state index in [1.807, 2.05) is 0 Å². The van der Waals surface area contributed by atoms with Crippen LogP contribution in [0.4, 0.5) is 0 Å². The minimum atomic E-state index is 0.241. The highest BCUT2D eigenvalue weighted by Crippen LogP contribution is 2.15. The van der Waals surface area contributed by atoms with Crippen molar-refractivity contribution in [3.05, 3.63) is 24.3 Å². The molecule has 0 spiro atoms. The first-order valence-corrected chi connectivity index (χ1v) is 3.45. The summed E-state index contributed by atoms with van der Waals surface area (Å²) in [6, 6.07) is 6.55. The highest BCUT2D eigenvalue weighted by atomic mass is 16.5. The normalized spacial score (nSPS) is 9.55. The van der Waals surface area contributed by atoms with Gasteiger partial charge in [0.15, 0.2) is 0 Å². The first kappa shape index (κ1) is 7.88. The second-order valence-electron chi connectivity index (χ2n) is 2.13. The number of hydrogen-bond donors (Lipinski definition) is 2. The third kappa shape index (κ3) is 2.47. The van der Waals surface area contributed by atoms with Gasteiger partial charge in [-0.15, -0.1) is 0 Å². The SMILES string of the molecule is NCCOc1ccc(O)cc1. The molecule has 0 unspecified atom stereocenters. The summed E-state index contributed by atoms with van der Waals surface area (Å²) in [4.78, 5) is 0. The smallest absolute Gasteiger partial charge is 0.119 e. The Morgan fingerprint density at radius 2 is 1.91 bits per heavy atom. The highest BCUT2D eigenvalue weighted by Gasteiger charge is 1.91. The van der Waals surface area contributed by atoms with E-state index in [0.29, 0.717) is 13.2 Å². The van der Waals surface area contributed by atoms with E-state index < -0.39 is 0 Å². The standard InChI is InChI=1S/C8H11NO2/c9-5-6-11-8-3-1-7(10)2-4-8/h1-4,10H,5-6,9H2. The minimum absolute atomic E-state index is 0.241. The van der Waals surface area contributed by atoms with Crippen LogP contribution in [0.15, 0.2) is 24.3 Å². The zero-order chi connectivity index (χ0) is 8.10. The fourth-order valence-electron chi connectivity index (χ4n) is 0.719. The fraction of sp³-hybridized carbons (Fsp3) is 0.250. The highest BCUT2D eigenvalue weighted by molar-refractivity contribution is 5.29. The zero-order valence-electron chi connectivity index (χ0n) is 6.16. The lowest BCUT2D eigenvalue weighted by molar-refractivity contribution is 0.327. The van der Waals surface area contributed by atoms with Crippen molar-refractivity contribution in [3.8, 4) is 11.5 Å². The Balaban J connectivity index is 2.52. The van der Waals surface area contributed by atoms with Crippen molar-refractivity contribution in [2.45, 2.75) is 0 Å². The molecule has 1 rings (SSSR count). The van der Waals surface area contributed by atoms with Crippen molar-refractivity contribution in [3.63, 3.8) is 0 Å². The van der Waals surface area contributed by atoms with Crippen molar-refractivity contribution >= 4 is 0 Å². The van der Waals surface area contributed by atoms with Gasteiger partial charge in [-0.25, -0.2) is 0 Å². The number of phenols is 1. The van der Waals surface area contributed by atoms with Crippen molar-refractivity contribution in [1.82, 2.24) is 0 Å². The molecule has 0 aliphatic rings. The molecule has 0 aromatic heterocycles. The maximum atomic E-state index is 8.90. The van der Waals surface area contributed by atoms with Gasteiger partial charge in [-0.3, -0.25) is 0 Å². The van der Waals surface area contributed by atoms with Crippen molar-refractivity contribution in [2.24, 2.45) is 5.73 Å². The molecule has 0 atom stereocenters. The zero-order valence-corrected chi connectivity index (χ0v) is 6.16. The fourth-order valence-corrected chi connectivity index (χ4v) is 0.719. The molecule has 0 heterocycles. The van der Waals surface area contributed by atoms with Gasteiger partial charge in [-0.1, -0.05) is 0 Å². The Kier molecular flexibility index (Phi) is 2.74. The molecule has 0 saturated heterocycles. The summed E-state index contributed by atoms with van der Waals surface area (Å²) in [5.74, 6) is 0.971. The molecular weight excluding hydrogens is 142 g/mol. The van der Waals surface area contributed by atoms with Crippen LogP contribution in [0.2, 0.25) is 0 Å². The number of phenolic OH excluding ortho intramolecular Hbond substituents is 1. The van der Waals surface area contributed by atoms with Gasteiger partial charge in [-0.05, 0) is 24.3 Å². The first-order valence-electron chi connectivity index (χ1n) is 3.45. The molecule has 0 saturated carbocycles. The van der Waals surface area contributed by atoms with Gasteiger partial charge in [0.1, 0.15) is 18.1 Å². The van der Waals surface area contributed by atoms with Gasteiger partial charge in [0.2, 0.25) is 0 Å². The topological polar surface area (TPSA) is 55.5 Å². The number of rotatable bonds is 3. The van der Waals surface area contributed by atoms with Gasteiger partial charge >= 0.3 is 0 Å². The summed E-state index contributed by atoms with van der Waals surface area (Å²) in [5.41, 5.74) is 5.23. The van der Waals surface area contributed by atoms with Gasteiger partial charge in [0.05, 0.1) is 0 Å². The number of benzene rings is 1. The lowest BCUT2D eigenvalue weighted by atomic mass is 10.3. The summed E-state index contributed by atoms with van der Waals surface area (Å²) in [6.07, 6.45) is 0. The van der Waals surface area contributed by atoms with Crippen LogP contribution in [0.5, 0.6) is 11.5 Å². The maximum absolute atomic E-state index is 8.90. The number of nitrogens with two attached hydrogens (primary N) is 1. The molecule has 1 aromatic rings. The lowest BCUT2D eigenvalue weighted by Gasteiger charge is -2.02. The number of ether oxygens (including phenoxy) is 1. The Morgan fingerprint density at radius 3 is 2.45 bits per heavy atom. The van der Waals surface area contributed by atoms with Crippen LogP contribution in [-0.4, -0.2) is 18.3 Å². The van der Waals surface area contributed by atoms with E-state index in [0.717, 1.165) is 5.75 Å². The molecule has 0 aliphatic heterocycles. The summed E-state index contributed by atoms with van der Waals surface area (Å²) in [6.45, 7) is 1.01. The van der Waals surface area contributed by atoms with E-state index in [1.54, 1.807) is 24.3 Å². The van der Waals surface area contributed by atoms with Crippen molar-refractivity contribution < 1.29 is 9.84 Å². The first-order chi connectivity index (χ1) is 5.33. The molecule has 0 aliphatic carbocycles. The molecule has 0 radical (unpaired) electrons. The van der Waals surface area contributed by atoms with Gasteiger partial charge in [-0.2, -0.15) is 0 Å². The Hall–Kier alpha value is -1.22. The van der Waals surface area contributed by atoms with Gasteiger partial charge in [0, 0.05) is 6.54 Å². The molecule has 11 heavy (non-hydrogen) atoms. The second-order valence-corrected chi connectivity index (χ2v) is 2.13. The van der Waals surface area contributed by atoms with E-state index in [-0.39, 0.29) is 5.75 Å². The quantitative estimate of drug-likeness (QED) is 0.673. The average molecular weight is 153 g/mol.